The molecular weight excluding hydrogens is 396 g/mol. The number of halogens is 1. The summed E-state index contributed by atoms with van der Waals surface area (Å²) in [5, 5.41) is 16.7. The van der Waals surface area contributed by atoms with Gasteiger partial charge in [0.2, 0.25) is 5.91 Å². The minimum atomic E-state index is -1.14. The Morgan fingerprint density at radius 2 is 1.77 bits per heavy atom. The molecule has 134 valence electrons. The lowest BCUT2D eigenvalue weighted by molar-refractivity contribution is -0.305. The zero-order valence-electron chi connectivity index (χ0n) is 14.1. The van der Waals surface area contributed by atoms with E-state index in [2.05, 4.69) is 21.0 Å². The maximum absolute atomic E-state index is 12.7. The summed E-state index contributed by atoms with van der Waals surface area (Å²) in [6.45, 7) is 0. The Hall–Kier alpha value is -2.47. The van der Waals surface area contributed by atoms with Crippen LogP contribution in [0.25, 0.3) is 0 Å². The first-order chi connectivity index (χ1) is 12.5. The molecule has 0 aliphatic carbocycles. The summed E-state index contributed by atoms with van der Waals surface area (Å²) in [4.78, 5) is 23.2. The number of amides is 1. The van der Waals surface area contributed by atoms with Gasteiger partial charge in [0, 0.05) is 23.3 Å². The molecule has 0 aromatic heterocycles. The number of hydrogen-bond donors (Lipinski definition) is 0. The molecule has 0 radical (unpaired) electrons. The van der Waals surface area contributed by atoms with Crippen molar-refractivity contribution in [1.82, 2.24) is 5.01 Å². The summed E-state index contributed by atoms with van der Waals surface area (Å²) < 4.78 is 0.968. The Kier molecular flexibility index (Phi) is 5.83. The van der Waals surface area contributed by atoms with E-state index in [9.17, 15) is 14.7 Å². The van der Waals surface area contributed by atoms with Crippen LogP contribution in [0.3, 0.4) is 0 Å². The number of rotatable bonds is 6. The highest BCUT2D eigenvalue weighted by molar-refractivity contribution is 9.10. The summed E-state index contributed by atoms with van der Waals surface area (Å²) in [5.74, 6) is -1.32. The van der Waals surface area contributed by atoms with Crippen LogP contribution in [0.1, 0.15) is 42.9 Å². The first-order valence-electron chi connectivity index (χ1n) is 8.45. The van der Waals surface area contributed by atoms with Crippen LogP contribution >= 0.6 is 15.9 Å². The van der Waals surface area contributed by atoms with Gasteiger partial charge in [-0.3, -0.25) is 4.79 Å². The third-order valence-electron chi connectivity index (χ3n) is 4.30. The van der Waals surface area contributed by atoms with E-state index in [1.165, 1.54) is 5.01 Å². The highest BCUT2D eigenvalue weighted by Crippen LogP contribution is 2.34. The minimum Gasteiger partial charge on any atom is -0.550 e. The standard InChI is InChI=1S/C20H19BrN2O3/c21-16-11-9-15(10-12-16)18-13-17(14-5-2-1-3-6-14)22-23(18)19(24)7-4-8-20(25)26/h1-3,5-6,9-12,18H,4,7-8,13H2,(H,25,26)/p-1/t18-/m1/s1. The summed E-state index contributed by atoms with van der Waals surface area (Å²) in [5.41, 5.74) is 2.84. The molecule has 2 aromatic carbocycles. The lowest BCUT2D eigenvalue weighted by Gasteiger charge is -2.22. The lowest BCUT2D eigenvalue weighted by Crippen LogP contribution is -2.28. The predicted octanol–water partition coefficient (Wildman–Crippen LogP) is 3.05. The van der Waals surface area contributed by atoms with E-state index in [-0.39, 0.29) is 31.2 Å². The van der Waals surface area contributed by atoms with Gasteiger partial charge in [-0.2, -0.15) is 5.10 Å². The molecule has 5 nitrogen and oxygen atoms in total. The molecular formula is C20H18BrN2O3-. The van der Waals surface area contributed by atoms with Crippen LogP contribution in [-0.2, 0) is 9.59 Å². The maximum atomic E-state index is 12.7. The molecule has 0 N–H and O–H groups in total. The number of carboxylic acid groups (broad SMARTS) is 1. The maximum Gasteiger partial charge on any atom is 0.243 e. The fourth-order valence-corrected chi connectivity index (χ4v) is 3.25. The largest absolute Gasteiger partial charge is 0.550 e. The Labute approximate surface area is 160 Å². The Morgan fingerprint density at radius 1 is 1.08 bits per heavy atom. The molecule has 1 aliphatic rings. The second-order valence-corrected chi connectivity index (χ2v) is 7.06. The van der Waals surface area contributed by atoms with E-state index in [0.717, 1.165) is 21.3 Å². The second kappa shape index (κ2) is 8.27. The lowest BCUT2D eigenvalue weighted by atomic mass is 9.98. The Morgan fingerprint density at radius 3 is 2.42 bits per heavy atom. The molecule has 3 rings (SSSR count). The van der Waals surface area contributed by atoms with E-state index in [1.807, 2.05) is 54.6 Å². The average molecular weight is 414 g/mol. The topological polar surface area (TPSA) is 72.8 Å². The number of carboxylic acids is 1. The van der Waals surface area contributed by atoms with Crippen molar-refractivity contribution in [3.63, 3.8) is 0 Å². The molecule has 1 atom stereocenters. The van der Waals surface area contributed by atoms with Gasteiger partial charge in [0.15, 0.2) is 0 Å². The Bertz CT molecular complexity index is 819. The van der Waals surface area contributed by atoms with E-state index >= 15 is 0 Å². The van der Waals surface area contributed by atoms with Gasteiger partial charge in [0.1, 0.15) is 0 Å². The molecule has 1 heterocycles. The van der Waals surface area contributed by atoms with Crippen molar-refractivity contribution in [3.05, 3.63) is 70.2 Å². The quantitative estimate of drug-likeness (QED) is 0.730. The predicted molar refractivity (Wildman–Crippen MR) is 100 cm³/mol. The number of aliphatic carboxylic acids is 1. The number of benzene rings is 2. The van der Waals surface area contributed by atoms with Gasteiger partial charge in [0.25, 0.3) is 0 Å². The first kappa shape index (κ1) is 18.3. The minimum absolute atomic E-state index is 0.127. The monoisotopic (exact) mass is 413 g/mol. The zero-order valence-corrected chi connectivity index (χ0v) is 15.7. The smallest absolute Gasteiger partial charge is 0.243 e. The van der Waals surface area contributed by atoms with Gasteiger partial charge >= 0.3 is 0 Å². The van der Waals surface area contributed by atoms with Crippen LogP contribution in [0.4, 0.5) is 0 Å². The molecule has 1 aliphatic heterocycles. The van der Waals surface area contributed by atoms with E-state index in [1.54, 1.807) is 0 Å². The van der Waals surface area contributed by atoms with Crippen molar-refractivity contribution in [2.24, 2.45) is 5.10 Å². The molecule has 26 heavy (non-hydrogen) atoms. The van der Waals surface area contributed by atoms with Crippen molar-refractivity contribution in [2.75, 3.05) is 0 Å². The molecule has 2 aromatic rings. The molecule has 0 spiro atoms. The van der Waals surface area contributed by atoms with E-state index < -0.39 is 5.97 Å². The van der Waals surface area contributed by atoms with Crippen LogP contribution in [0.15, 0.2) is 64.2 Å². The molecule has 0 unspecified atom stereocenters. The van der Waals surface area contributed by atoms with Gasteiger partial charge in [-0.1, -0.05) is 58.4 Å². The SMILES string of the molecule is O=C([O-])CCCC(=O)N1N=C(c2ccccc2)C[C@@H]1c1ccc(Br)cc1. The van der Waals surface area contributed by atoms with Crippen LogP contribution in [0, 0.1) is 0 Å². The highest BCUT2D eigenvalue weighted by atomic mass is 79.9. The first-order valence-corrected chi connectivity index (χ1v) is 9.24. The van der Waals surface area contributed by atoms with Gasteiger partial charge in [-0.05, 0) is 36.1 Å². The summed E-state index contributed by atoms with van der Waals surface area (Å²) in [7, 11) is 0. The van der Waals surface area contributed by atoms with Gasteiger partial charge in [0.05, 0.1) is 11.8 Å². The summed E-state index contributed by atoms with van der Waals surface area (Å²) >= 11 is 3.42. The van der Waals surface area contributed by atoms with Gasteiger partial charge < -0.3 is 9.90 Å². The molecule has 6 heteroatoms. The number of nitrogens with zero attached hydrogens (tertiary/aromatic N) is 2. The number of hydrogen-bond acceptors (Lipinski definition) is 4. The molecule has 0 saturated carbocycles. The number of carbonyl (C=O) groups excluding carboxylic acids is 2. The van der Waals surface area contributed by atoms with Crippen molar-refractivity contribution in [2.45, 2.75) is 31.7 Å². The number of carbonyl (C=O) groups is 2. The van der Waals surface area contributed by atoms with Crippen LogP contribution in [0.2, 0.25) is 0 Å². The third-order valence-corrected chi connectivity index (χ3v) is 4.83. The number of hydrazone groups is 1. The second-order valence-electron chi connectivity index (χ2n) is 6.15. The van der Waals surface area contributed by atoms with Crippen LogP contribution in [-0.4, -0.2) is 22.6 Å². The molecule has 0 saturated heterocycles. The van der Waals surface area contributed by atoms with Crippen molar-refractivity contribution >= 4 is 33.5 Å². The fraction of sp³-hybridized carbons (Fsp3) is 0.250. The fourth-order valence-electron chi connectivity index (χ4n) is 2.99. The van der Waals surface area contributed by atoms with E-state index in [4.69, 9.17) is 0 Å². The van der Waals surface area contributed by atoms with Gasteiger partial charge in [-0.25, -0.2) is 5.01 Å². The normalized spacial score (nSPS) is 16.4. The van der Waals surface area contributed by atoms with Crippen molar-refractivity contribution < 1.29 is 14.7 Å². The highest BCUT2D eigenvalue weighted by Gasteiger charge is 2.32. The molecule has 0 fully saturated rings. The summed E-state index contributed by atoms with van der Waals surface area (Å²) in [6.07, 6.45) is 0.878. The summed E-state index contributed by atoms with van der Waals surface area (Å²) in [6, 6.07) is 17.4. The zero-order chi connectivity index (χ0) is 18.5. The van der Waals surface area contributed by atoms with Gasteiger partial charge in [-0.15, -0.1) is 0 Å². The third kappa shape index (κ3) is 4.38. The van der Waals surface area contributed by atoms with Crippen LogP contribution in [0.5, 0.6) is 0 Å². The molecule has 1 amide bonds. The Balaban J connectivity index is 1.83. The van der Waals surface area contributed by atoms with Crippen LogP contribution < -0.4 is 5.11 Å². The average Bonchev–Trinajstić information content (AvgIpc) is 3.08. The molecule has 0 bridgehead atoms. The van der Waals surface area contributed by atoms with Crippen molar-refractivity contribution in [1.29, 1.82) is 0 Å². The van der Waals surface area contributed by atoms with Crippen molar-refractivity contribution in [3.8, 4) is 0 Å². The van der Waals surface area contributed by atoms with E-state index in [0.29, 0.717) is 6.42 Å².